The molecule has 1 atom stereocenters. The van der Waals surface area contributed by atoms with Crippen LogP contribution in [0.25, 0.3) is 0 Å². The minimum atomic E-state index is 0.524. The van der Waals surface area contributed by atoms with Gasteiger partial charge in [-0.15, -0.1) is 0 Å². The molecule has 0 aliphatic rings. The van der Waals surface area contributed by atoms with E-state index in [9.17, 15) is 0 Å². The molecule has 1 aromatic rings. The second-order valence-electron chi connectivity index (χ2n) is 3.93. The minimum Gasteiger partial charge on any atom is -0.384 e. The number of hydrogen-bond acceptors (Lipinski definition) is 2. The molecule has 0 spiro atoms. The monoisotopic (exact) mass is 305 g/mol. The standard InChI is InChI=1S/C12H17BrClNO/c1-9(8-16-2)6-15-7-10-3-4-11(14)5-12(10)13/h3-5,9,15H,6-8H2,1-2H3. The molecule has 0 aromatic heterocycles. The fraction of sp³-hybridized carbons (Fsp3) is 0.500. The lowest BCUT2D eigenvalue weighted by Gasteiger charge is -2.12. The summed E-state index contributed by atoms with van der Waals surface area (Å²) in [6.45, 7) is 4.73. The number of halogens is 2. The molecule has 0 radical (unpaired) electrons. The molecule has 0 saturated heterocycles. The Morgan fingerprint density at radius 2 is 2.25 bits per heavy atom. The topological polar surface area (TPSA) is 21.3 Å². The van der Waals surface area contributed by atoms with Gasteiger partial charge in [0.25, 0.3) is 0 Å². The van der Waals surface area contributed by atoms with E-state index in [4.69, 9.17) is 16.3 Å². The third-order valence-corrected chi connectivity index (χ3v) is 3.25. The first-order valence-corrected chi connectivity index (χ1v) is 6.44. The Labute approximate surface area is 110 Å². The molecular formula is C12H17BrClNO. The van der Waals surface area contributed by atoms with Crippen molar-refractivity contribution in [1.29, 1.82) is 0 Å². The molecule has 0 aliphatic carbocycles. The van der Waals surface area contributed by atoms with Gasteiger partial charge < -0.3 is 10.1 Å². The predicted octanol–water partition coefficient (Wildman–Crippen LogP) is 3.47. The van der Waals surface area contributed by atoms with E-state index in [1.54, 1.807) is 7.11 Å². The summed E-state index contributed by atoms with van der Waals surface area (Å²) in [5, 5.41) is 4.15. The fourth-order valence-electron chi connectivity index (χ4n) is 1.46. The number of rotatable bonds is 6. The summed E-state index contributed by atoms with van der Waals surface area (Å²) < 4.78 is 6.13. The van der Waals surface area contributed by atoms with Crippen molar-refractivity contribution in [2.75, 3.05) is 20.3 Å². The van der Waals surface area contributed by atoms with Crippen LogP contribution in [0.15, 0.2) is 22.7 Å². The van der Waals surface area contributed by atoms with Crippen LogP contribution < -0.4 is 5.32 Å². The number of methoxy groups -OCH3 is 1. The molecule has 0 bridgehead atoms. The van der Waals surface area contributed by atoms with Gasteiger partial charge in [0.1, 0.15) is 0 Å². The van der Waals surface area contributed by atoms with E-state index in [-0.39, 0.29) is 0 Å². The maximum atomic E-state index is 5.88. The summed E-state index contributed by atoms with van der Waals surface area (Å²) in [4.78, 5) is 0. The van der Waals surface area contributed by atoms with E-state index < -0.39 is 0 Å². The molecule has 0 amide bonds. The van der Waals surface area contributed by atoms with Crippen LogP contribution in [0.1, 0.15) is 12.5 Å². The van der Waals surface area contributed by atoms with Crippen molar-refractivity contribution in [3.63, 3.8) is 0 Å². The number of benzene rings is 1. The van der Waals surface area contributed by atoms with Gasteiger partial charge in [0.15, 0.2) is 0 Å². The number of hydrogen-bond donors (Lipinski definition) is 1. The van der Waals surface area contributed by atoms with Gasteiger partial charge >= 0.3 is 0 Å². The molecule has 0 saturated carbocycles. The first-order valence-electron chi connectivity index (χ1n) is 5.27. The van der Waals surface area contributed by atoms with Crippen molar-refractivity contribution in [2.45, 2.75) is 13.5 Å². The average molecular weight is 307 g/mol. The maximum absolute atomic E-state index is 5.88. The predicted molar refractivity (Wildman–Crippen MR) is 71.9 cm³/mol. The Morgan fingerprint density at radius 3 is 2.88 bits per heavy atom. The quantitative estimate of drug-likeness (QED) is 0.869. The van der Waals surface area contributed by atoms with E-state index in [0.717, 1.165) is 29.2 Å². The van der Waals surface area contributed by atoms with Gasteiger partial charge in [-0.2, -0.15) is 0 Å². The zero-order valence-corrected chi connectivity index (χ0v) is 11.9. The second kappa shape index (κ2) is 7.28. The minimum absolute atomic E-state index is 0.524. The van der Waals surface area contributed by atoms with Gasteiger partial charge in [-0.05, 0) is 23.6 Å². The number of ether oxygens (including phenoxy) is 1. The molecule has 2 nitrogen and oxygen atoms in total. The first-order chi connectivity index (χ1) is 7.63. The summed E-state index contributed by atoms with van der Waals surface area (Å²) in [5.41, 5.74) is 1.22. The van der Waals surface area contributed by atoms with Crippen molar-refractivity contribution < 1.29 is 4.74 Å². The highest BCUT2D eigenvalue weighted by Gasteiger charge is 2.03. The van der Waals surface area contributed by atoms with Gasteiger partial charge in [-0.25, -0.2) is 0 Å². The van der Waals surface area contributed by atoms with Crippen LogP contribution >= 0.6 is 27.5 Å². The summed E-state index contributed by atoms with van der Waals surface area (Å²) in [5.74, 6) is 0.524. The molecule has 90 valence electrons. The van der Waals surface area contributed by atoms with Gasteiger partial charge in [-0.1, -0.05) is 40.5 Å². The Morgan fingerprint density at radius 1 is 1.50 bits per heavy atom. The second-order valence-corrected chi connectivity index (χ2v) is 5.22. The molecule has 1 aromatic carbocycles. The molecule has 1 N–H and O–H groups in total. The van der Waals surface area contributed by atoms with E-state index in [2.05, 4.69) is 28.2 Å². The lowest BCUT2D eigenvalue weighted by Crippen LogP contribution is -2.23. The molecular weight excluding hydrogens is 289 g/mol. The van der Waals surface area contributed by atoms with E-state index in [1.165, 1.54) is 5.56 Å². The van der Waals surface area contributed by atoms with Gasteiger partial charge in [0.05, 0.1) is 0 Å². The van der Waals surface area contributed by atoms with Crippen LogP contribution in [0.4, 0.5) is 0 Å². The molecule has 16 heavy (non-hydrogen) atoms. The summed E-state index contributed by atoms with van der Waals surface area (Å²) in [6, 6.07) is 5.85. The zero-order valence-electron chi connectivity index (χ0n) is 9.59. The Balaban J connectivity index is 2.37. The average Bonchev–Trinajstić information content (AvgIpc) is 2.22. The Kier molecular flexibility index (Phi) is 6.36. The third-order valence-electron chi connectivity index (χ3n) is 2.27. The molecule has 4 heteroatoms. The SMILES string of the molecule is COCC(C)CNCc1ccc(Cl)cc1Br. The highest BCUT2D eigenvalue weighted by atomic mass is 79.9. The van der Waals surface area contributed by atoms with Gasteiger partial charge in [0, 0.05) is 36.3 Å². The smallest absolute Gasteiger partial charge is 0.0499 e. The zero-order chi connectivity index (χ0) is 12.0. The molecule has 1 unspecified atom stereocenters. The van der Waals surface area contributed by atoms with Crippen LogP contribution in [-0.2, 0) is 11.3 Å². The van der Waals surface area contributed by atoms with Crippen molar-refractivity contribution in [3.8, 4) is 0 Å². The van der Waals surface area contributed by atoms with Crippen LogP contribution in [0.2, 0.25) is 5.02 Å². The lowest BCUT2D eigenvalue weighted by atomic mass is 10.2. The number of nitrogens with one attached hydrogen (secondary N) is 1. The summed E-state index contributed by atoms with van der Waals surface area (Å²) >= 11 is 9.37. The molecule has 0 aliphatic heterocycles. The lowest BCUT2D eigenvalue weighted by molar-refractivity contribution is 0.158. The normalized spacial score (nSPS) is 12.8. The van der Waals surface area contributed by atoms with E-state index >= 15 is 0 Å². The van der Waals surface area contributed by atoms with Crippen LogP contribution in [-0.4, -0.2) is 20.3 Å². The maximum Gasteiger partial charge on any atom is 0.0499 e. The third kappa shape index (κ3) is 4.83. The van der Waals surface area contributed by atoms with Crippen LogP contribution in [0.5, 0.6) is 0 Å². The van der Waals surface area contributed by atoms with Crippen molar-refractivity contribution in [3.05, 3.63) is 33.3 Å². The summed E-state index contributed by atoms with van der Waals surface area (Å²) in [6.07, 6.45) is 0. The fourth-order valence-corrected chi connectivity index (χ4v) is 2.28. The highest BCUT2D eigenvalue weighted by molar-refractivity contribution is 9.10. The van der Waals surface area contributed by atoms with Crippen molar-refractivity contribution in [2.24, 2.45) is 5.92 Å². The molecule has 1 rings (SSSR count). The van der Waals surface area contributed by atoms with E-state index in [1.807, 2.05) is 18.2 Å². The van der Waals surface area contributed by atoms with Crippen LogP contribution in [0, 0.1) is 5.92 Å². The van der Waals surface area contributed by atoms with Crippen LogP contribution in [0.3, 0.4) is 0 Å². The van der Waals surface area contributed by atoms with Gasteiger partial charge in [0.2, 0.25) is 0 Å². The van der Waals surface area contributed by atoms with Gasteiger partial charge in [-0.3, -0.25) is 0 Å². The molecule has 0 fully saturated rings. The molecule has 0 heterocycles. The first kappa shape index (κ1) is 14.0. The Bertz CT molecular complexity index is 333. The highest BCUT2D eigenvalue weighted by Crippen LogP contribution is 2.21. The van der Waals surface area contributed by atoms with Crippen molar-refractivity contribution in [1.82, 2.24) is 5.32 Å². The van der Waals surface area contributed by atoms with Crippen molar-refractivity contribution >= 4 is 27.5 Å². The largest absolute Gasteiger partial charge is 0.384 e. The van der Waals surface area contributed by atoms with E-state index in [0.29, 0.717) is 5.92 Å². The summed E-state index contributed by atoms with van der Waals surface area (Å²) in [7, 11) is 1.73. The Hall–Kier alpha value is -0.0900.